The summed E-state index contributed by atoms with van der Waals surface area (Å²) in [6.45, 7) is 2.68. The molecule has 6 heteroatoms. The first-order valence-corrected chi connectivity index (χ1v) is 8.78. The van der Waals surface area contributed by atoms with Gasteiger partial charge in [0.1, 0.15) is 6.54 Å². The third-order valence-electron chi connectivity index (χ3n) is 3.92. The maximum atomic E-state index is 5.38. The molecule has 0 fully saturated rings. The molecular weight excluding hydrogens is 334 g/mol. The fraction of sp³-hybridized carbons (Fsp3) is 0.316. The van der Waals surface area contributed by atoms with Crippen molar-refractivity contribution in [2.75, 3.05) is 20.9 Å². The van der Waals surface area contributed by atoms with Crippen LogP contribution in [0.2, 0.25) is 0 Å². The fourth-order valence-electron chi connectivity index (χ4n) is 2.66. The van der Waals surface area contributed by atoms with E-state index < -0.39 is 0 Å². The van der Waals surface area contributed by atoms with Crippen LogP contribution >= 0.6 is 12.2 Å². The lowest BCUT2D eigenvalue weighted by atomic mass is 10.1. The number of benzene rings is 2. The largest absolute Gasteiger partial charge is 0.454 e. The highest BCUT2D eigenvalue weighted by molar-refractivity contribution is 7.80. The van der Waals surface area contributed by atoms with Crippen molar-refractivity contribution in [1.29, 1.82) is 0 Å². The second kappa shape index (κ2) is 8.18. The van der Waals surface area contributed by atoms with E-state index in [0.29, 0.717) is 25.0 Å². The number of fused-ring (bicyclic) bond motifs is 1. The molecule has 25 heavy (non-hydrogen) atoms. The van der Waals surface area contributed by atoms with Gasteiger partial charge in [-0.2, -0.15) is 0 Å². The highest BCUT2D eigenvalue weighted by atomic mass is 32.1. The smallest absolute Gasteiger partial charge is 0.231 e. The zero-order valence-electron chi connectivity index (χ0n) is 14.6. The molecular formula is C19H24N3O2S+. The van der Waals surface area contributed by atoms with E-state index in [1.807, 2.05) is 18.2 Å². The van der Waals surface area contributed by atoms with Gasteiger partial charge in [-0.05, 0) is 35.5 Å². The number of ether oxygens (including phenoxy) is 2. The molecule has 0 saturated heterocycles. The van der Waals surface area contributed by atoms with Crippen LogP contribution in [-0.4, -0.2) is 26.0 Å². The quantitative estimate of drug-likeness (QED) is 0.678. The third-order valence-corrected chi connectivity index (χ3v) is 4.21. The van der Waals surface area contributed by atoms with E-state index in [1.165, 1.54) is 16.0 Å². The summed E-state index contributed by atoms with van der Waals surface area (Å²) in [7, 11) is 4.31. The maximum Gasteiger partial charge on any atom is 0.231 e. The standard InChI is InChI=1S/C19H23N3O2S/c1-22(2)12-15-5-3-14(4-6-15)10-20-19(25)21-11-16-7-8-17-18(9-16)24-13-23-17/h3-9H,10-13H2,1-2H3,(H2,20,21,25)/p+1. The van der Waals surface area contributed by atoms with Crippen LogP contribution in [0.4, 0.5) is 0 Å². The Bertz CT molecular complexity index is 732. The van der Waals surface area contributed by atoms with Crippen LogP contribution in [0.3, 0.4) is 0 Å². The molecule has 2 aromatic carbocycles. The maximum absolute atomic E-state index is 5.38. The number of rotatable bonds is 6. The van der Waals surface area contributed by atoms with E-state index in [9.17, 15) is 0 Å². The van der Waals surface area contributed by atoms with Crippen LogP contribution in [0.25, 0.3) is 0 Å². The van der Waals surface area contributed by atoms with Crippen LogP contribution in [0, 0.1) is 0 Å². The molecule has 2 aromatic rings. The second-order valence-electron chi connectivity index (χ2n) is 6.42. The van der Waals surface area contributed by atoms with E-state index in [4.69, 9.17) is 21.7 Å². The van der Waals surface area contributed by atoms with Crippen LogP contribution in [0.5, 0.6) is 11.5 Å². The van der Waals surface area contributed by atoms with Crippen molar-refractivity contribution in [1.82, 2.24) is 10.6 Å². The molecule has 5 nitrogen and oxygen atoms in total. The average molecular weight is 358 g/mol. The Morgan fingerprint density at radius 3 is 2.24 bits per heavy atom. The van der Waals surface area contributed by atoms with Crippen LogP contribution in [0.15, 0.2) is 42.5 Å². The van der Waals surface area contributed by atoms with Crippen LogP contribution in [-0.2, 0) is 19.6 Å². The van der Waals surface area contributed by atoms with E-state index >= 15 is 0 Å². The monoisotopic (exact) mass is 358 g/mol. The summed E-state index contributed by atoms with van der Waals surface area (Å²) in [5.74, 6) is 1.58. The average Bonchev–Trinajstić information content (AvgIpc) is 3.06. The summed E-state index contributed by atoms with van der Waals surface area (Å²) in [5.41, 5.74) is 3.65. The first-order chi connectivity index (χ1) is 12.1. The van der Waals surface area contributed by atoms with E-state index in [1.54, 1.807) is 0 Å². The topological polar surface area (TPSA) is 47.0 Å². The summed E-state index contributed by atoms with van der Waals surface area (Å²) in [5, 5.41) is 7.10. The van der Waals surface area contributed by atoms with Gasteiger partial charge in [0.2, 0.25) is 6.79 Å². The van der Waals surface area contributed by atoms with Gasteiger partial charge >= 0.3 is 0 Å². The normalized spacial score (nSPS) is 12.3. The summed E-state index contributed by atoms with van der Waals surface area (Å²) < 4.78 is 10.7. The highest BCUT2D eigenvalue weighted by Gasteiger charge is 2.13. The zero-order valence-corrected chi connectivity index (χ0v) is 15.4. The van der Waals surface area contributed by atoms with Crippen molar-refractivity contribution < 1.29 is 14.4 Å². The van der Waals surface area contributed by atoms with Gasteiger partial charge in [0.15, 0.2) is 16.6 Å². The number of quaternary nitrogens is 1. The SMILES string of the molecule is C[NH+](C)Cc1ccc(CNC(=S)NCc2ccc3c(c2)OCO3)cc1. The molecule has 1 aliphatic rings. The minimum absolute atomic E-state index is 0.292. The van der Waals surface area contributed by atoms with Gasteiger partial charge in [0.05, 0.1) is 14.1 Å². The summed E-state index contributed by atoms with van der Waals surface area (Å²) in [4.78, 5) is 1.42. The lowest BCUT2D eigenvalue weighted by molar-refractivity contribution is -0.872. The van der Waals surface area contributed by atoms with Gasteiger partial charge in [-0.1, -0.05) is 30.3 Å². The Morgan fingerprint density at radius 2 is 1.52 bits per heavy atom. The molecule has 0 aliphatic carbocycles. The summed E-state index contributed by atoms with van der Waals surface area (Å²) >= 11 is 5.35. The third kappa shape index (κ3) is 5.08. The molecule has 1 heterocycles. The molecule has 0 saturated carbocycles. The Balaban J connectivity index is 1.43. The van der Waals surface area contributed by atoms with E-state index in [-0.39, 0.29) is 0 Å². The number of thiocarbonyl (C=S) groups is 1. The molecule has 3 N–H and O–H groups in total. The van der Waals surface area contributed by atoms with Crippen LogP contribution in [0.1, 0.15) is 16.7 Å². The first kappa shape index (κ1) is 17.5. The molecule has 0 radical (unpaired) electrons. The number of nitrogens with one attached hydrogen (secondary N) is 3. The fourth-order valence-corrected chi connectivity index (χ4v) is 2.81. The summed E-state index contributed by atoms with van der Waals surface area (Å²) in [6.07, 6.45) is 0. The van der Waals surface area contributed by atoms with Gasteiger partial charge in [-0.3, -0.25) is 0 Å². The van der Waals surface area contributed by atoms with Gasteiger partial charge in [0.25, 0.3) is 0 Å². The minimum Gasteiger partial charge on any atom is -0.454 e. The van der Waals surface area contributed by atoms with Gasteiger partial charge in [-0.25, -0.2) is 0 Å². The summed E-state index contributed by atoms with van der Waals surface area (Å²) in [6, 6.07) is 14.5. The van der Waals surface area contributed by atoms with Crippen molar-refractivity contribution in [2.45, 2.75) is 19.6 Å². The van der Waals surface area contributed by atoms with Gasteiger partial charge in [-0.15, -0.1) is 0 Å². The van der Waals surface area contributed by atoms with E-state index in [2.05, 4.69) is 49.0 Å². The predicted molar refractivity (Wildman–Crippen MR) is 102 cm³/mol. The molecule has 0 amide bonds. The van der Waals surface area contributed by atoms with Crippen molar-refractivity contribution in [3.8, 4) is 11.5 Å². The van der Waals surface area contributed by atoms with Crippen molar-refractivity contribution in [2.24, 2.45) is 0 Å². The lowest BCUT2D eigenvalue weighted by Crippen LogP contribution is -3.04. The molecule has 1 aliphatic heterocycles. The van der Waals surface area contributed by atoms with Crippen molar-refractivity contribution >= 4 is 17.3 Å². The van der Waals surface area contributed by atoms with Gasteiger partial charge in [0, 0.05) is 18.7 Å². The van der Waals surface area contributed by atoms with Crippen LogP contribution < -0.4 is 25.0 Å². The second-order valence-corrected chi connectivity index (χ2v) is 6.83. The van der Waals surface area contributed by atoms with Crippen molar-refractivity contribution in [3.05, 3.63) is 59.2 Å². The molecule has 0 spiro atoms. The molecule has 0 aromatic heterocycles. The number of hydrogen-bond donors (Lipinski definition) is 3. The van der Waals surface area contributed by atoms with Crippen molar-refractivity contribution in [3.63, 3.8) is 0 Å². The van der Waals surface area contributed by atoms with Gasteiger partial charge < -0.3 is 25.0 Å². The van der Waals surface area contributed by atoms with E-state index in [0.717, 1.165) is 23.6 Å². The Labute approximate surface area is 153 Å². The molecule has 132 valence electrons. The predicted octanol–water partition coefficient (Wildman–Crippen LogP) is 1.22. The highest BCUT2D eigenvalue weighted by Crippen LogP contribution is 2.32. The minimum atomic E-state index is 0.292. The number of hydrogen-bond acceptors (Lipinski definition) is 3. The zero-order chi connectivity index (χ0) is 17.6. The molecule has 3 rings (SSSR count). The Hall–Kier alpha value is -2.31. The molecule has 0 bridgehead atoms. The molecule has 0 unspecified atom stereocenters. The Kier molecular flexibility index (Phi) is 5.73. The first-order valence-electron chi connectivity index (χ1n) is 8.37. The lowest BCUT2D eigenvalue weighted by Gasteiger charge is -2.12. The molecule has 0 atom stereocenters. The Morgan fingerprint density at radius 1 is 0.920 bits per heavy atom.